The number of ether oxygens (including phenoxy) is 2. The number of alkyl halides is 5. The van der Waals surface area contributed by atoms with Crippen LogP contribution in [0.4, 0.5) is 22.0 Å². The van der Waals surface area contributed by atoms with Crippen LogP contribution in [0.25, 0.3) is 11.1 Å². The van der Waals surface area contributed by atoms with E-state index in [1.165, 1.54) is 18.2 Å². The first-order chi connectivity index (χ1) is 11.3. The minimum Gasteiger partial charge on any atom is -0.484 e. The van der Waals surface area contributed by atoms with Gasteiger partial charge in [0.05, 0.1) is 0 Å². The van der Waals surface area contributed by atoms with Crippen molar-refractivity contribution in [2.24, 2.45) is 0 Å². The molecule has 2 rings (SSSR count). The second-order valence-corrected chi connectivity index (χ2v) is 4.65. The van der Waals surface area contributed by atoms with E-state index in [1.54, 1.807) is 12.1 Å². The van der Waals surface area contributed by atoms with Crippen LogP contribution in [0.5, 0.6) is 11.5 Å². The van der Waals surface area contributed by atoms with Crippen LogP contribution in [0.2, 0.25) is 0 Å². The molecular weight excluding hydrogens is 335 g/mol. The molecule has 0 amide bonds. The van der Waals surface area contributed by atoms with Gasteiger partial charge in [0.25, 0.3) is 6.43 Å². The SMILES string of the molecule is O=Cc1cccc(-c2ccc(OCC(F)F)c(OC(F)(F)F)c2)c1. The summed E-state index contributed by atoms with van der Waals surface area (Å²) in [6, 6.07) is 9.64. The van der Waals surface area contributed by atoms with E-state index in [2.05, 4.69) is 9.47 Å². The molecule has 0 N–H and O–H groups in total. The van der Waals surface area contributed by atoms with Crippen molar-refractivity contribution in [3.8, 4) is 22.6 Å². The molecule has 0 aliphatic heterocycles. The summed E-state index contributed by atoms with van der Waals surface area (Å²) < 4.78 is 70.4. The first-order valence-electron chi connectivity index (χ1n) is 6.65. The molecule has 0 aliphatic carbocycles. The fraction of sp³-hybridized carbons (Fsp3) is 0.188. The molecule has 0 heterocycles. The number of aldehydes is 1. The molecular formula is C16H11F5O3. The molecule has 0 saturated heterocycles. The number of benzene rings is 2. The largest absolute Gasteiger partial charge is 0.573 e. The van der Waals surface area contributed by atoms with Crippen molar-refractivity contribution in [3.63, 3.8) is 0 Å². The number of rotatable bonds is 6. The van der Waals surface area contributed by atoms with Crippen LogP contribution in [-0.2, 0) is 0 Å². The Balaban J connectivity index is 2.40. The fourth-order valence-electron chi connectivity index (χ4n) is 1.96. The monoisotopic (exact) mass is 346 g/mol. The van der Waals surface area contributed by atoms with Gasteiger partial charge in [0.1, 0.15) is 12.9 Å². The Morgan fingerprint density at radius 2 is 1.71 bits per heavy atom. The highest BCUT2D eigenvalue weighted by atomic mass is 19.4. The summed E-state index contributed by atoms with van der Waals surface area (Å²) in [6.07, 6.45) is -7.25. The maximum atomic E-state index is 12.5. The Labute approximate surface area is 133 Å². The minimum absolute atomic E-state index is 0.308. The van der Waals surface area contributed by atoms with E-state index >= 15 is 0 Å². The molecule has 2 aromatic rings. The van der Waals surface area contributed by atoms with Crippen molar-refractivity contribution < 1.29 is 36.2 Å². The second-order valence-electron chi connectivity index (χ2n) is 4.65. The van der Waals surface area contributed by atoms with Gasteiger partial charge in [0, 0.05) is 5.56 Å². The van der Waals surface area contributed by atoms with Crippen LogP contribution in [0.3, 0.4) is 0 Å². The summed E-state index contributed by atoms with van der Waals surface area (Å²) in [5, 5.41) is 0. The third kappa shape index (κ3) is 4.94. The predicted octanol–water partition coefficient (Wildman–Crippen LogP) is 4.71. The van der Waals surface area contributed by atoms with Crippen molar-refractivity contribution in [3.05, 3.63) is 48.0 Å². The fourth-order valence-corrected chi connectivity index (χ4v) is 1.96. The average Bonchev–Trinajstić information content (AvgIpc) is 2.52. The van der Waals surface area contributed by atoms with E-state index in [9.17, 15) is 26.7 Å². The van der Waals surface area contributed by atoms with Crippen LogP contribution in [-0.4, -0.2) is 25.7 Å². The zero-order valence-corrected chi connectivity index (χ0v) is 12.0. The number of carbonyl (C=O) groups excluding carboxylic acids is 1. The maximum absolute atomic E-state index is 12.5. The highest BCUT2D eigenvalue weighted by Crippen LogP contribution is 2.36. The van der Waals surface area contributed by atoms with Crippen molar-refractivity contribution >= 4 is 6.29 Å². The molecule has 0 atom stereocenters. The number of halogens is 5. The molecule has 2 aromatic carbocycles. The summed E-state index contributed by atoms with van der Waals surface area (Å²) in [6.45, 7) is -1.06. The molecule has 0 aromatic heterocycles. The molecule has 0 spiro atoms. The first-order valence-corrected chi connectivity index (χ1v) is 6.65. The summed E-state index contributed by atoms with van der Waals surface area (Å²) in [7, 11) is 0. The van der Waals surface area contributed by atoms with E-state index in [0.717, 1.165) is 12.1 Å². The van der Waals surface area contributed by atoms with Gasteiger partial charge in [0.2, 0.25) is 0 Å². The first kappa shape index (κ1) is 17.7. The summed E-state index contributed by atoms with van der Waals surface area (Å²) in [4.78, 5) is 10.8. The third-order valence-electron chi connectivity index (χ3n) is 2.89. The molecule has 0 radical (unpaired) electrons. The van der Waals surface area contributed by atoms with Crippen molar-refractivity contribution in [2.75, 3.05) is 6.61 Å². The van der Waals surface area contributed by atoms with Gasteiger partial charge in [0.15, 0.2) is 11.5 Å². The van der Waals surface area contributed by atoms with Crippen molar-refractivity contribution in [2.45, 2.75) is 12.8 Å². The smallest absolute Gasteiger partial charge is 0.484 e. The number of hydrogen-bond donors (Lipinski definition) is 0. The minimum atomic E-state index is -5.01. The van der Waals surface area contributed by atoms with E-state index < -0.39 is 30.9 Å². The van der Waals surface area contributed by atoms with Crippen LogP contribution >= 0.6 is 0 Å². The molecule has 0 unspecified atom stereocenters. The normalized spacial score (nSPS) is 11.4. The lowest BCUT2D eigenvalue weighted by atomic mass is 10.0. The van der Waals surface area contributed by atoms with E-state index in [4.69, 9.17) is 0 Å². The topological polar surface area (TPSA) is 35.5 Å². The van der Waals surface area contributed by atoms with Gasteiger partial charge in [-0.2, -0.15) is 0 Å². The van der Waals surface area contributed by atoms with E-state index in [1.807, 2.05) is 0 Å². The lowest BCUT2D eigenvalue weighted by molar-refractivity contribution is -0.275. The molecule has 0 aliphatic rings. The van der Waals surface area contributed by atoms with Gasteiger partial charge in [-0.1, -0.05) is 24.3 Å². The standard InChI is InChI=1S/C16H11F5O3/c17-15(18)9-23-13-5-4-12(7-14(13)24-16(19,20)21)11-3-1-2-10(6-11)8-22/h1-8,15H,9H2. The van der Waals surface area contributed by atoms with E-state index in [-0.39, 0.29) is 0 Å². The van der Waals surface area contributed by atoms with Gasteiger partial charge >= 0.3 is 6.36 Å². The Kier molecular flexibility index (Phi) is 5.38. The Morgan fingerprint density at radius 1 is 1.00 bits per heavy atom. The van der Waals surface area contributed by atoms with Crippen LogP contribution in [0.15, 0.2) is 42.5 Å². The highest BCUT2D eigenvalue weighted by molar-refractivity contribution is 5.79. The predicted molar refractivity (Wildman–Crippen MR) is 75.4 cm³/mol. The van der Waals surface area contributed by atoms with Gasteiger partial charge in [-0.15, -0.1) is 13.2 Å². The summed E-state index contributed by atoms with van der Waals surface area (Å²) in [5.74, 6) is -1.19. The highest BCUT2D eigenvalue weighted by Gasteiger charge is 2.32. The number of carbonyl (C=O) groups is 1. The summed E-state index contributed by atoms with van der Waals surface area (Å²) >= 11 is 0. The van der Waals surface area contributed by atoms with Gasteiger partial charge < -0.3 is 9.47 Å². The van der Waals surface area contributed by atoms with Gasteiger partial charge in [-0.3, -0.25) is 4.79 Å². The zero-order valence-electron chi connectivity index (χ0n) is 12.0. The van der Waals surface area contributed by atoms with E-state index in [0.29, 0.717) is 23.0 Å². The Morgan fingerprint density at radius 3 is 2.33 bits per heavy atom. The third-order valence-corrected chi connectivity index (χ3v) is 2.89. The average molecular weight is 346 g/mol. The molecule has 8 heteroatoms. The Hall–Kier alpha value is -2.64. The van der Waals surface area contributed by atoms with Crippen molar-refractivity contribution in [1.82, 2.24) is 0 Å². The lowest BCUT2D eigenvalue weighted by Crippen LogP contribution is -2.18. The summed E-state index contributed by atoms with van der Waals surface area (Å²) in [5.41, 5.74) is 1.11. The molecule has 0 saturated carbocycles. The second kappa shape index (κ2) is 7.29. The Bertz CT molecular complexity index is 713. The van der Waals surface area contributed by atoms with Gasteiger partial charge in [-0.05, 0) is 29.3 Å². The molecule has 3 nitrogen and oxygen atoms in total. The number of hydrogen-bond acceptors (Lipinski definition) is 3. The van der Waals surface area contributed by atoms with Gasteiger partial charge in [-0.25, -0.2) is 8.78 Å². The quantitative estimate of drug-likeness (QED) is 0.561. The molecule has 0 fully saturated rings. The van der Waals surface area contributed by atoms with Crippen LogP contribution < -0.4 is 9.47 Å². The lowest BCUT2D eigenvalue weighted by Gasteiger charge is -2.15. The maximum Gasteiger partial charge on any atom is 0.573 e. The molecule has 128 valence electrons. The van der Waals surface area contributed by atoms with Crippen LogP contribution in [0.1, 0.15) is 10.4 Å². The molecule has 24 heavy (non-hydrogen) atoms. The zero-order chi connectivity index (χ0) is 17.7. The molecule has 0 bridgehead atoms. The van der Waals surface area contributed by atoms with Crippen molar-refractivity contribution in [1.29, 1.82) is 0 Å². The van der Waals surface area contributed by atoms with Crippen LogP contribution in [0, 0.1) is 0 Å².